The van der Waals surface area contributed by atoms with E-state index in [2.05, 4.69) is 42.1 Å². The van der Waals surface area contributed by atoms with E-state index >= 15 is 0 Å². The Kier molecular flexibility index (Phi) is 3.71. The van der Waals surface area contributed by atoms with Crippen LogP contribution in [0.5, 0.6) is 0 Å². The normalized spacial score (nSPS) is 13.2. The van der Waals surface area contributed by atoms with Crippen LogP contribution in [0, 0.1) is 0 Å². The Morgan fingerprint density at radius 3 is 2.82 bits per heavy atom. The molecule has 0 spiro atoms. The molecule has 1 heterocycles. The van der Waals surface area contributed by atoms with Crippen LogP contribution in [0.2, 0.25) is 0 Å². The minimum absolute atomic E-state index is 0.391. The Hall–Kier alpha value is -1.45. The summed E-state index contributed by atoms with van der Waals surface area (Å²) in [6.45, 7) is 3.73. The molecule has 0 radical (unpaired) electrons. The number of para-hydroxylation sites is 1. The molecule has 0 aliphatic heterocycles. The number of benzene rings is 1. The van der Waals surface area contributed by atoms with Crippen LogP contribution in [0.3, 0.4) is 0 Å². The van der Waals surface area contributed by atoms with Crippen molar-refractivity contribution in [2.45, 2.75) is 19.5 Å². The average molecular weight is 229 g/mol. The van der Waals surface area contributed by atoms with Crippen molar-refractivity contribution in [2.24, 2.45) is 5.73 Å². The van der Waals surface area contributed by atoms with Crippen LogP contribution >= 0.6 is 0 Å². The van der Waals surface area contributed by atoms with Crippen LogP contribution in [-0.2, 0) is 6.54 Å². The first-order valence-corrected chi connectivity index (χ1v) is 5.95. The van der Waals surface area contributed by atoms with Gasteiger partial charge in [0.15, 0.2) is 0 Å². The highest BCUT2D eigenvalue weighted by Gasteiger charge is 2.09. The van der Waals surface area contributed by atoms with Crippen molar-refractivity contribution in [3.63, 3.8) is 0 Å². The van der Waals surface area contributed by atoms with E-state index < -0.39 is 0 Å². The highest BCUT2D eigenvalue weighted by atomic mass is 15.1. The number of fused-ring (bicyclic) bond motifs is 1. The lowest BCUT2D eigenvalue weighted by Crippen LogP contribution is -2.34. The van der Waals surface area contributed by atoms with Gasteiger partial charge in [0.2, 0.25) is 0 Å². The predicted octanol–water partition coefficient (Wildman–Crippen LogP) is 2.01. The zero-order valence-corrected chi connectivity index (χ0v) is 10.4. The number of pyridine rings is 1. The van der Waals surface area contributed by atoms with Gasteiger partial charge in [0.1, 0.15) is 0 Å². The van der Waals surface area contributed by atoms with Crippen LogP contribution in [0.15, 0.2) is 36.5 Å². The van der Waals surface area contributed by atoms with Crippen molar-refractivity contribution in [1.82, 2.24) is 9.88 Å². The van der Waals surface area contributed by atoms with Crippen molar-refractivity contribution in [1.29, 1.82) is 0 Å². The molecule has 1 aromatic carbocycles. The maximum absolute atomic E-state index is 5.69. The van der Waals surface area contributed by atoms with Crippen molar-refractivity contribution < 1.29 is 0 Å². The van der Waals surface area contributed by atoms with Gasteiger partial charge in [0.25, 0.3) is 0 Å². The lowest BCUT2D eigenvalue weighted by atomic mass is 10.1. The summed E-state index contributed by atoms with van der Waals surface area (Å²) in [5.41, 5.74) is 8.04. The predicted molar refractivity (Wildman–Crippen MR) is 71.7 cm³/mol. The van der Waals surface area contributed by atoms with Crippen LogP contribution in [-0.4, -0.2) is 29.5 Å². The molecule has 0 aliphatic carbocycles. The fourth-order valence-electron chi connectivity index (χ4n) is 1.90. The Balaban J connectivity index is 2.30. The molecule has 0 aliphatic rings. The third-order valence-corrected chi connectivity index (χ3v) is 3.25. The third kappa shape index (κ3) is 2.62. The van der Waals surface area contributed by atoms with Gasteiger partial charge in [0, 0.05) is 30.7 Å². The molecule has 0 bridgehead atoms. The molecule has 1 aromatic heterocycles. The summed E-state index contributed by atoms with van der Waals surface area (Å²) in [5, 5.41) is 1.23. The molecule has 1 unspecified atom stereocenters. The first-order valence-electron chi connectivity index (χ1n) is 5.95. The number of nitrogens with zero attached hydrogens (tertiary/aromatic N) is 2. The number of rotatable bonds is 4. The van der Waals surface area contributed by atoms with Crippen LogP contribution in [0.25, 0.3) is 10.9 Å². The fourth-order valence-corrected chi connectivity index (χ4v) is 1.90. The van der Waals surface area contributed by atoms with E-state index in [9.17, 15) is 0 Å². The molecule has 0 amide bonds. The minimum atomic E-state index is 0.391. The van der Waals surface area contributed by atoms with Crippen molar-refractivity contribution in [3.8, 4) is 0 Å². The molecule has 0 saturated heterocycles. The van der Waals surface area contributed by atoms with E-state index in [1.165, 1.54) is 10.9 Å². The monoisotopic (exact) mass is 229 g/mol. The molecule has 17 heavy (non-hydrogen) atoms. The molecule has 2 aromatic rings. The van der Waals surface area contributed by atoms with Crippen LogP contribution < -0.4 is 5.73 Å². The molecular formula is C14H19N3. The zero-order chi connectivity index (χ0) is 12.3. The molecular weight excluding hydrogens is 210 g/mol. The van der Waals surface area contributed by atoms with Crippen LogP contribution in [0.1, 0.15) is 12.5 Å². The molecule has 2 N–H and O–H groups in total. The van der Waals surface area contributed by atoms with Gasteiger partial charge < -0.3 is 5.73 Å². The molecule has 2 rings (SSSR count). The summed E-state index contributed by atoms with van der Waals surface area (Å²) < 4.78 is 0. The van der Waals surface area contributed by atoms with Gasteiger partial charge in [-0.05, 0) is 31.7 Å². The van der Waals surface area contributed by atoms with Crippen molar-refractivity contribution in [2.75, 3.05) is 13.6 Å². The van der Waals surface area contributed by atoms with Crippen molar-refractivity contribution in [3.05, 3.63) is 42.1 Å². The second-order valence-corrected chi connectivity index (χ2v) is 4.49. The third-order valence-electron chi connectivity index (χ3n) is 3.25. The van der Waals surface area contributed by atoms with Gasteiger partial charge in [-0.3, -0.25) is 9.88 Å². The topological polar surface area (TPSA) is 42.1 Å². The van der Waals surface area contributed by atoms with Crippen molar-refractivity contribution >= 4 is 10.9 Å². The Labute approximate surface area is 102 Å². The lowest BCUT2D eigenvalue weighted by Gasteiger charge is -2.23. The lowest BCUT2D eigenvalue weighted by molar-refractivity contribution is 0.255. The highest BCUT2D eigenvalue weighted by molar-refractivity contribution is 5.81. The summed E-state index contributed by atoms with van der Waals surface area (Å²) in [6, 6.07) is 10.7. The van der Waals surface area contributed by atoms with E-state index in [0.29, 0.717) is 12.6 Å². The largest absolute Gasteiger partial charge is 0.329 e. The maximum atomic E-state index is 5.69. The first-order chi connectivity index (χ1) is 8.22. The Bertz CT molecular complexity index is 490. The second kappa shape index (κ2) is 5.25. The summed E-state index contributed by atoms with van der Waals surface area (Å²) in [6.07, 6.45) is 1.87. The standard InChI is InChI=1S/C14H19N3/c1-11(9-15)17(2)10-12-7-8-16-14-6-4-3-5-13(12)14/h3-8,11H,9-10,15H2,1-2H3. The van der Waals surface area contributed by atoms with E-state index in [4.69, 9.17) is 5.73 Å². The van der Waals surface area contributed by atoms with E-state index in [0.717, 1.165) is 12.1 Å². The quantitative estimate of drug-likeness (QED) is 0.872. The van der Waals surface area contributed by atoms with Gasteiger partial charge in [-0.1, -0.05) is 18.2 Å². The van der Waals surface area contributed by atoms with E-state index in [-0.39, 0.29) is 0 Å². The van der Waals surface area contributed by atoms with Crippen LogP contribution in [0.4, 0.5) is 0 Å². The number of hydrogen-bond acceptors (Lipinski definition) is 3. The Morgan fingerprint density at radius 1 is 1.29 bits per heavy atom. The molecule has 90 valence electrons. The molecule has 0 fully saturated rings. The van der Waals surface area contributed by atoms with Gasteiger partial charge in [0.05, 0.1) is 5.52 Å². The van der Waals surface area contributed by atoms with E-state index in [1.54, 1.807) is 0 Å². The molecule has 3 nitrogen and oxygen atoms in total. The summed E-state index contributed by atoms with van der Waals surface area (Å²) >= 11 is 0. The SMILES string of the molecule is CC(CN)N(C)Cc1ccnc2ccccc12. The number of nitrogens with two attached hydrogens (primary N) is 1. The number of likely N-dealkylation sites (N-methyl/N-ethyl adjacent to an activating group) is 1. The minimum Gasteiger partial charge on any atom is -0.329 e. The van der Waals surface area contributed by atoms with Gasteiger partial charge in [-0.2, -0.15) is 0 Å². The Morgan fingerprint density at radius 2 is 2.06 bits per heavy atom. The van der Waals surface area contributed by atoms with Gasteiger partial charge in [-0.25, -0.2) is 0 Å². The second-order valence-electron chi connectivity index (χ2n) is 4.49. The molecule has 1 atom stereocenters. The average Bonchev–Trinajstić information content (AvgIpc) is 2.38. The summed E-state index contributed by atoms with van der Waals surface area (Å²) in [7, 11) is 2.10. The number of hydrogen-bond donors (Lipinski definition) is 1. The molecule has 3 heteroatoms. The first kappa shape index (κ1) is 12.0. The zero-order valence-electron chi connectivity index (χ0n) is 10.4. The van der Waals surface area contributed by atoms with Gasteiger partial charge >= 0.3 is 0 Å². The highest BCUT2D eigenvalue weighted by Crippen LogP contribution is 2.17. The maximum Gasteiger partial charge on any atom is 0.0705 e. The number of aromatic nitrogens is 1. The van der Waals surface area contributed by atoms with Gasteiger partial charge in [-0.15, -0.1) is 0 Å². The summed E-state index contributed by atoms with van der Waals surface area (Å²) in [4.78, 5) is 6.64. The summed E-state index contributed by atoms with van der Waals surface area (Å²) in [5.74, 6) is 0. The fraction of sp³-hybridized carbons (Fsp3) is 0.357. The smallest absolute Gasteiger partial charge is 0.0705 e. The molecule has 0 saturated carbocycles. The van der Waals surface area contributed by atoms with E-state index in [1.807, 2.05) is 18.3 Å².